The fourth-order valence-corrected chi connectivity index (χ4v) is 3.02. The van der Waals surface area contributed by atoms with Gasteiger partial charge in [0.25, 0.3) is 0 Å². The molecule has 1 atom stereocenters. The van der Waals surface area contributed by atoms with Gasteiger partial charge in [0.2, 0.25) is 0 Å². The molecule has 0 amide bonds. The second kappa shape index (κ2) is 5.70. The van der Waals surface area contributed by atoms with E-state index in [1.165, 1.54) is 5.56 Å². The molecule has 1 unspecified atom stereocenters. The first-order valence-corrected chi connectivity index (χ1v) is 7.45. The first-order valence-electron chi connectivity index (χ1n) is 7.45. The number of nitrogens with two attached hydrogens (primary N) is 1. The van der Waals surface area contributed by atoms with E-state index in [0.29, 0.717) is 12.5 Å². The SMILES string of the molecule is CCC(c1ccccc1)c1nc2c(CN)cccc2n1C. The molecular weight excluding hydrogens is 258 g/mol. The monoisotopic (exact) mass is 279 g/mol. The van der Waals surface area contributed by atoms with Gasteiger partial charge in [0.15, 0.2) is 0 Å². The fraction of sp³-hybridized carbons (Fsp3) is 0.278. The molecule has 108 valence electrons. The first kappa shape index (κ1) is 13.8. The van der Waals surface area contributed by atoms with Crippen LogP contribution in [0.2, 0.25) is 0 Å². The van der Waals surface area contributed by atoms with Gasteiger partial charge < -0.3 is 10.3 Å². The number of aryl methyl sites for hydroxylation is 1. The normalized spacial score (nSPS) is 12.7. The first-order chi connectivity index (χ1) is 10.3. The molecule has 0 saturated carbocycles. The zero-order valence-electron chi connectivity index (χ0n) is 12.6. The van der Waals surface area contributed by atoms with E-state index < -0.39 is 0 Å². The van der Waals surface area contributed by atoms with Crippen molar-refractivity contribution in [2.45, 2.75) is 25.8 Å². The van der Waals surface area contributed by atoms with Crippen molar-refractivity contribution in [1.29, 1.82) is 0 Å². The highest BCUT2D eigenvalue weighted by Gasteiger charge is 2.19. The van der Waals surface area contributed by atoms with E-state index in [1.807, 2.05) is 0 Å². The van der Waals surface area contributed by atoms with Crippen LogP contribution in [0.5, 0.6) is 0 Å². The average Bonchev–Trinajstić information content (AvgIpc) is 2.87. The van der Waals surface area contributed by atoms with Crippen LogP contribution in [-0.2, 0) is 13.6 Å². The van der Waals surface area contributed by atoms with Crippen LogP contribution in [-0.4, -0.2) is 9.55 Å². The van der Waals surface area contributed by atoms with Crippen molar-refractivity contribution in [2.75, 3.05) is 0 Å². The number of fused-ring (bicyclic) bond motifs is 1. The van der Waals surface area contributed by atoms with Crippen LogP contribution in [0.25, 0.3) is 11.0 Å². The molecule has 0 spiro atoms. The minimum Gasteiger partial charge on any atom is -0.331 e. The summed E-state index contributed by atoms with van der Waals surface area (Å²) in [6.07, 6.45) is 1.03. The second-order valence-corrected chi connectivity index (χ2v) is 5.39. The van der Waals surface area contributed by atoms with Gasteiger partial charge in [-0.3, -0.25) is 0 Å². The number of rotatable bonds is 4. The third kappa shape index (κ3) is 2.34. The molecule has 0 saturated heterocycles. The van der Waals surface area contributed by atoms with Gasteiger partial charge in [-0.1, -0.05) is 49.4 Å². The van der Waals surface area contributed by atoms with Gasteiger partial charge >= 0.3 is 0 Å². The maximum Gasteiger partial charge on any atom is 0.117 e. The topological polar surface area (TPSA) is 43.8 Å². The molecule has 3 nitrogen and oxygen atoms in total. The molecule has 0 radical (unpaired) electrons. The zero-order valence-corrected chi connectivity index (χ0v) is 12.6. The van der Waals surface area contributed by atoms with Gasteiger partial charge in [0.05, 0.1) is 11.0 Å². The van der Waals surface area contributed by atoms with Crippen LogP contribution < -0.4 is 5.73 Å². The van der Waals surface area contributed by atoms with Crippen molar-refractivity contribution < 1.29 is 0 Å². The molecule has 3 aromatic rings. The Morgan fingerprint density at radius 1 is 1.10 bits per heavy atom. The number of benzene rings is 2. The number of hydrogen-bond acceptors (Lipinski definition) is 2. The molecule has 0 aliphatic carbocycles. The van der Waals surface area contributed by atoms with E-state index in [1.54, 1.807) is 0 Å². The lowest BCUT2D eigenvalue weighted by Gasteiger charge is -2.15. The van der Waals surface area contributed by atoms with Gasteiger partial charge in [0, 0.05) is 19.5 Å². The smallest absolute Gasteiger partial charge is 0.117 e. The average molecular weight is 279 g/mol. The van der Waals surface area contributed by atoms with Gasteiger partial charge in [-0.25, -0.2) is 4.98 Å². The van der Waals surface area contributed by atoms with E-state index in [0.717, 1.165) is 28.8 Å². The van der Waals surface area contributed by atoms with Crippen LogP contribution >= 0.6 is 0 Å². The van der Waals surface area contributed by atoms with Crippen LogP contribution in [0, 0.1) is 0 Å². The Balaban J connectivity index is 2.17. The predicted octanol–water partition coefficient (Wildman–Crippen LogP) is 3.57. The van der Waals surface area contributed by atoms with Crippen molar-refractivity contribution in [2.24, 2.45) is 12.8 Å². The summed E-state index contributed by atoms with van der Waals surface area (Å²) in [6, 6.07) is 16.8. The lowest BCUT2D eigenvalue weighted by molar-refractivity contribution is 0.681. The van der Waals surface area contributed by atoms with Crippen molar-refractivity contribution in [1.82, 2.24) is 9.55 Å². The minimum absolute atomic E-state index is 0.314. The Labute approximate surface area is 125 Å². The Kier molecular flexibility index (Phi) is 3.76. The number of para-hydroxylation sites is 1. The lowest BCUT2D eigenvalue weighted by atomic mass is 9.96. The summed E-state index contributed by atoms with van der Waals surface area (Å²) < 4.78 is 2.20. The highest BCUT2D eigenvalue weighted by molar-refractivity contribution is 5.79. The Hall–Kier alpha value is -2.13. The fourth-order valence-electron chi connectivity index (χ4n) is 3.02. The largest absolute Gasteiger partial charge is 0.331 e. The van der Waals surface area contributed by atoms with Gasteiger partial charge in [-0.15, -0.1) is 0 Å². The summed E-state index contributed by atoms with van der Waals surface area (Å²) in [4.78, 5) is 4.91. The van der Waals surface area contributed by atoms with Crippen molar-refractivity contribution in [3.05, 3.63) is 65.5 Å². The number of nitrogens with zero attached hydrogens (tertiary/aromatic N) is 2. The summed E-state index contributed by atoms with van der Waals surface area (Å²) in [6.45, 7) is 2.73. The highest BCUT2D eigenvalue weighted by Crippen LogP contribution is 2.30. The van der Waals surface area contributed by atoms with E-state index >= 15 is 0 Å². The molecule has 0 aliphatic heterocycles. The Bertz CT molecular complexity index is 744. The molecule has 1 aromatic heterocycles. The molecule has 3 rings (SSSR count). The second-order valence-electron chi connectivity index (χ2n) is 5.39. The van der Waals surface area contributed by atoms with E-state index in [9.17, 15) is 0 Å². The maximum absolute atomic E-state index is 5.85. The molecule has 0 aliphatic rings. The molecular formula is C18H21N3. The third-order valence-electron chi connectivity index (χ3n) is 4.17. The zero-order chi connectivity index (χ0) is 14.8. The minimum atomic E-state index is 0.314. The van der Waals surface area contributed by atoms with E-state index in [4.69, 9.17) is 10.7 Å². The Morgan fingerprint density at radius 2 is 1.86 bits per heavy atom. The van der Waals surface area contributed by atoms with Crippen LogP contribution in [0.4, 0.5) is 0 Å². The van der Waals surface area contributed by atoms with Crippen molar-refractivity contribution >= 4 is 11.0 Å². The molecule has 1 heterocycles. The van der Waals surface area contributed by atoms with Gasteiger partial charge in [0.1, 0.15) is 5.82 Å². The van der Waals surface area contributed by atoms with Crippen LogP contribution in [0.3, 0.4) is 0 Å². The summed E-state index contributed by atoms with van der Waals surface area (Å²) in [5.41, 5.74) is 10.5. The molecule has 0 bridgehead atoms. The predicted molar refractivity (Wildman–Crippen MR) is 87.2 cm³/mol. The van der Waals surface area contributed by atoms with Gasteiger partial charge in [-0.2, -0.15) is 0 Å². The van der Waals surface area contributed by atoms with Crippen molar-refractivity contribution in [3.63, 3.8) is 0 Å². The van der Waals surface area contributed by atoms with Crippen LogP contribution in [0.1, 0.15) is 36.2 Å². The summed E-state index contributed by atoms with van der Waals surface area (Å²) >= 11 is 0. The summed E-state index contributed by atoms with van der Waals surface area (Å²) in [5.74, 6) is 1.42. The molecule has 3 heteroatoms. The Morgan fingerprint density at radius 3 is 2.52 bits per heavy atom. The number of hydrogen-bond donors (Lipinski definition) is 1. The molecule has 2 N–H and O–H groups in total. The third-order valence-corrected chi connectivity index (χ3v) is 4.17. The standard InChI is InChI=1S/C18H21N3/c1-3-15(13-8-5-4-6-9-13)18-20-17-14(12-19)10-7-11-16(17)21(18)2/h4-11,15H,3,12,19H2,1-2H3. The number of aromatic nitrogens is 2. The highest BCUT2D eigenvalue weighted by atomic mass is 15.1. The lowest BCUT2D eigenvalue weighted by Crippen LogP contribution is -2.07. The van der Waals surface area contributed by atoms with Crippen molar-refractivity contribution in [3.8, 4) is 0 Å². The quantitative estimate of drug-likeness (QED) is 0.793. The van der Waals surface area contributed by atoms with Crippen LogP contribution in [0.15, 0.2) is 48.5 Å². The molecule has 2 aromatic carbocycles. The van der Waals surface area contributed by atoms with Gasteiger partial charge in [-0.05, 0) is 23.6 Å². The summed E-state index contributed by atoms with van der Waals surface area (Å²) in [7, 11) is 2.09. The molecule has 0 fully saturated rings. The number of imidazole rings is 1. The maximum atomic E-state index is 5.85. The van der Waals surface area contributed by atoms with E-state index in [2.05, 4.69) is 67.1 Å². The van der Waals surface area contributed by atoms with E-state index in [-0.39, 0.29) is 0 Å². The summed E-state index contributed by atoms with van der Waals surface area (Å²) in [5, 5.41) is 0. The molecule has 21 heavy (non-hydrogen) atoms.